The maximum absolute atomic E-state index is 7.21. The summed E-state index contributed by atoms with van der Waals surface area (Å²) >= 11 is 0. The van der Waals surface area contributed by atoms with E-state index in [0.29, 0.717) is 65.8 Å². The number of nitrogens with zero attached hydrogens (tertiary/aromatic N) is 2. The summed E-state index contributed by atoms with van der Waals surface area (Å²) in [6, 6.07) is 19.0. The fraction of sp³-hybridized carbons (Fsp3) is 0.455. The maximum Gasteiger partial charge on any atom is 0.204 e. The Morgan fingerprint density at radius 3 is 2.19 bits per heavy atom. The number of benzene rings is 4. The van der Waals surface area contributed by atoms with Gasteiger partial charge in [-0.15, -0.1) is 0 Å². The van der Waals surface area contributed by atoms with E-state index in [9.17, 15) is 0 Å². The van der Waals surface area contributed by atoms with E-state index in [2.05, 4.69) is 72.4 Å². The molecule has 1 saturated heterocycles. The number of methoxy groups -OCH3 is 4. The van der Waals surface area contributed by atoms with Gasteiger partial charge in [0.1, 0.15) is 5.75 Å². The van der Waals surface area contributed by atoms with Crippen LogP contribution in [0.4, 0.5) is 0 Å². The van der Waals surface area contributed by atoms with Crippen LogP contribution in [0, 0.1) is 5.92 Å². The zero-order chi connectivity index (χ0) is 37.3. The van der Waals surface area contributed by atoms with Crippen LogP contribution in [0.25, 0.3) is 0 Å². The molecule has 5 aliphatic rings. The molecule has 9 rings (SSSR count). The summed E-state index contributed by atoms with van der Waals surface area (Å²) in [6.07, 6.45) is 4.24. The Labute approximate surface area is 318 Å². The second kappa shape index (κ2) is 15.7. The summed E-state index contributed by atoms with van der Waals surface area (Å²) in [5.74, 6) is 5.65. The van der Waals surface area contributed by atoms with Gasteiger partial charge in [-0.3, -0.25) is 9.80 Å². The Balaban J connectivity index is 1.33. The standard InChI is InChI=1S/C44H52N2O8/c1-45-16-13-30-22-38(48-4)40-23-33(30)35(45)19-27-7-10-31(11-8-27)53-39-21-28(9-12-37(39)47-3)20-36-41-32(14-17-46(36)2)34(26-52-25-29-15-18-51-24-29)42(49-5)44(50-6)43(41)54-40/h7-12,21-23,29,35-36H,13-20,24-26H2,1-6H3/t29?,35-,36-/m0/s1. The van der Waals surface area contributed by atoms with Gasteiger partial charge in [0.15, 0.2) is 34.5 Å². The van der Waals surface area contributed by atoms with Gasteiger partial charge in [0.2, 0.25) is 5.75 Å². The fourth-order valence-corrected chi connectivity index (χ4v) is 8.70. The highest BCUT2D eigenvalue weighted by Crippen LogP contribution is 2.54. The Morgan fingerprint density at radius 1 is 0.722 bits per heavy atom. The largest absolute Gasteiger partial charge is 0.493 e. The SMILES string of the molecule is COc1ccc2cc1Oc1ccc(cc1)C[C@H]1c3cc(c(OC)cc3CCN1C)Oc1c(OC)c(OC)c(COCC3CCOC3)c3c1[C@H](C2)N(C)CC3. The minimum Gasteiger partial charge on any atom is -0.493 e. The number of rotatable bonds is 8. The van der Waals surface area contributed by atoms with Crippen molar-refractivity contribution in [2.24, 2.45) is 5.92 Å². The molecule has 3 atom stereocenters. The third-order valence-electron chi connectivity index (χ3n) is 11.7. The van der Waals surface area contributed by atoms with Gasteiger partial charge >= 0.3 is 0 Å². The van der Waals surface area contributed by atoms with Gasteiger partial charge in [-0.1, -0.05) is 18.2 Å². The van der Waals surface area contributed by atoms with E-state index in [1.165, 1.54) is 22.3 Å². The summed E-state index contributed by atoms with van der Waals surface area (Å²) in [6.45, 7) is 4.33. The molecule has 4 aromatic rings. The molecule has 5 heterocycles. The average Bonchev–Trinajstić information content (AvgIpc) is 3.71. The molecule has 1 fully saturated rings. The topological polar surface area (TPSA) is 80.3 Å². The van der Waals surface area contributed by atoms with Gasteiger partial charge in [-0.25, -0.2) is 0 Å². The number of hydrogen-bond donors (Lipinski definition) is 0. The Morgan fingerprint density at radius 2 is 1.44 bits per heavy atom. The monoisotopic (exact) mass is 736 g/mol. The molecule has 0 aromatic heterocycles. The van der Waals surface area contributed by atoms with E-state index in [1.807, 2.05) is 6.07 Å². The summed E-state index contributed by atoms with van der Waals surface area (Å²) in [4.78, 5) is 4.83. The lowest BCUT2D eigenvalue weighted by Crippen LogP contribution is -2.35. The molecule has 5 aliphatic heterocycles. The fourth-order valence-electron chi connectivity index (χ4n) is 8.70. The minimum atomic E-state index is -0.0764. The lowest BCUT2D eigenvalue weighted by molar-refractivity contribution is 0.0767. The molecule has 0 aliphatic carbocycles. The van der Waals surface area contributed by atoms with Crippen LogP contribution in [0.2, 0.25) is 0 Å². The number of hydrogen-bond acceptors (Lipinski definition) is 10. The van der Waals surface area contributed by atoms with E-state index in [-0.39, 0.29) is 12.1 Å². The molecule has 0 amide bonds. The van der Waals surface area contributed by atoms with E-state index < -0.39 is 0 Å². The summed E-state index contributed by atoms with van der Waals surface area (Å²) in [7, 11) is 11.2. The van der Waals surface area contributed by atoms with Crippen molar-refractivity contribution in [2.45, 2.75) is 50.8 Å². The summed E-state index contributed by atoms with van der Waals surface area (Å²) < 4.78 is 50.2. The average molecular weight is 737 g/mol. The van der Waals surface area contributed by atoms with Crippen LogP contribution < -0.4 is 28.4 Å². The van der Waals surface area contributed by atoms with Crippen molar-refractivity contribution in [3.8, 4) is 46.0 Å². The van der Waals surface area contributed by atoms with Crippen LogP contribution in [0.1, 0.15) is 57.4 Å². The third-order valence-corrected chi connectivity index (χ3v) is 11.7. The molecule has 6 bridgehead atoms. The van der Waals surface area contributed by atoms with Crippen LogP contribution in [-0.2, 0) is 41.8 Å². The maximum atomic E-state index is 7.21. The predicted molar refractivity (Wildman–Crippen MR) is 206 cm³/mol. The first-order valence-corrected chi connectivity index (χ1v) is 19.1. The molecule has 0 N–H and O–H groups in total. The highest BCUT2D eigenvalue weighted by Gasteiger charge is 2.37. The zero-order valence-corrected chi connectivity index (χ0v) is 32.4. The van der Waals surface area contributed by atoms with Gasteiger partial charge in [0.05, 0.1) is 48.3 Å². The van der Waals surface area contributed by atoms with Crippen LogP contribution in [-0.4, -0.2) is 85.2 Å². The molecule has 0 spiro atoms. The molecule has 0 saturated carbocycles. The van der Waals surface area contributed by atoms with Gasteiger partial charge < -0.3 is 37.9 Å². The van der Waals surface area contributed by atoms with Crippen molar-refractivity contribution in [1.29, 1.82) is 0 Å². The Hall–Kier alpha value is -4.48. The number of ether oxygens (including phenoxy) is 8. The van der Waals surface area contributed by atoms with E-state index in [1.54, 1.807) is 28.4 Å². The van der Waals surface area contributed by atoms with Crippen molar-refractivity contribution < 1.29 is 37.9 Å². The highest BCUT2D eigenvalue weighted by molar-refractivity contribution is 5.67. The summed E-state index contributed by atoms with van der Waals surface area (Å²) in [5.41, 5.74) is 8.05. The molecule has 10 nitrogen and oxygen atoms in total. The lowest BCUT2D eigenvalue weighted by Gasteiger charge is -2.38. The van der Waals surface area contributed by atoms with Gasteiger partial charge in [-0.2, -0.15) is 0 Å². The van der Waals surface area contributed by atoms with Gasteiger partial charge in [-0.05, 0) is 110 Å². The third kappa shape index (κ3) is 6.96. The van der Waals surface area contributed by atoms with E-state index >= 15 is 0 Å². The van der Waals surface area contributed by atoms with Crippen molar-refractivity contribution in [1.82, 2.24) is 9.80 Å². The van der Waals surface area contributed by atoms with Crippen LogP contribution in [0.5, 0.6) is 46.0 Å². The minimum absolute atomic E-state index is 0.0764. The Kier molecular flexibility index (Phi) is 10.6. The van der Waals surface area contributed by atoms with Crippen molar-refractivity contribution >= 4 is 0 Å². The van der Waals surface area contributed by atoms with Crippen LogP contribution in [0.3, 0.4) is 0 Å². The van der Waals surface area contributed by atoms with Gasteiger partial charge in [0.25, 0.3) is 0 Å². The van der Waals surface area contributed by atoms with Gasteiger partial charge in [0, 0.05) is 48.8 Å². The first kappa shape index (κ1) is 36.5. The van der Waals surface area contributed by atoms with E-state index in [4.69, 9.17) is 37.9 Å². The predicted octanol–water partition coefficient (Wildman–Crippen LogP) is 7.72. The smallest absolute Gasteiger partial charge is 0.204 e. The molecular formula is C44H52N2O8. The van der Waals surface area contributed by atoms with E-state index in [0.717, 1.165) is 74.4 Å². The zero-order valence-electron chi connectivity index (χ0n) is 32.4. The molecule has 10 heteroatoms. The van der Waals surface area contributed by atoms with Crippen LogP contribution in [0.15, 0.2) is 54.6 Å². The first-order chi connectivity index (χ1) is 26.4. The Bertz CT molecular complexity index is 1980. The molecule has 4 aromatic carbocycles. The normalized spacial score (nSPS) is 21.0. The summed E-state index contributed by atoms with van der Waals surface area (Å²) in [5, 5.41) is 0. The molecule has 54 heavy (non-hydrogen) atoms. The second-order valence-electron chi connectivity index (χ2n) is 14.9. The molecule has 1 unspecified atom stereocenters. The number of likely N-dealkylation sites (N-methyl/N-ethyl adjacent to an activating group) is 2. The lowest BCUT2D eigenvalue weighted by atomic mass is 9.84. The molecule has 0 radical (unpaired) electrons. The quantitative estimate of drug-likeness (QED) is 0.180. The molecular weight excluding hydrogens is 684 g/mol. The van der Waals surface area contributed by atoms with Crippen molar-refractivity contribution in [2.75, 3.05) is 75.4 Å². The highest BCUT2D eigenvalue weighted by atomic mass is 16.5. The van der Waals surface area contributed by atoms with Crippen molar-refractivity contribution in [3.05, 3.63) is 93.5 Å². The van der Waals surface area contributed by atoms with Crippen molar-refractivity contribution in [3.63, 3.8) is 0 Å². The first-order valence-electron chi connectivity index (χ1n) is 19.1. The number of fused-ring (bicyclic) bond motifs is 2. The second-order valence-corrected chi connectivity index (χ2v) is 14.9. The van der Waals surface area contributed by atoms with Crippen LogP contribution >= 0.6 is 0 Å². The molecule has 286 valence electrons.